The molecule has 1 N–H and O–H groups in total. The molecule has 0 radical (unpaired) electrons. The van der Waals surface area contributed by atoms with E-state index in [1.807, 2.05) is 24.4 Å². The summed E-state index contributed by atoms with van der Waals surface area (Å²) in [6.07, 6.45) is 1.53. The second-order valence-corrected chi connectivity index (χ2v) is 7.69. The third-order valence-electron chi connectivity index (χ3n) is 4.66. The number of nitrogens with one attached hydrogen (secondary N) is 1. The highest BCUT2D eigenvalue weighted by molar-refractivity contribution is 7.09. The average molecular weight is 424 g/mol. The van der Waals surface area contributed by atoms with Gasteiger partial charge in [-0.25, -0.2) is 4.98 Å². The van der Waals surface area contributed by atoms with Crippen LogP contribution < -0.4 is 5.32 Å². The third kappa shape index (κ3) is 3.97. The first-order valence-electron chi connectivity index (χ1n) is 9.46. The highest BCUT2D eigenvalue weighted by atomic mass is 32.1. The number of fused-ring (bicyclic) bond motifs is 1. The number of likely N-dealkylation sites (N-methyl/N-ethyl adjacent to an activating group) is 1. The van der Waals surface area contributed by atoms with E-state index >= 15 is 0 Å². The molecule has 9 heteroatoms. The molecule has 8 nitrogen and oxygen atoms in total. The Morgan fingerprint density at radius 3 is 2.83 bits per heavy atom. The first-order valence-corrected chi connectivity index (χ1v) is 10.3. The normalized spacial score (nSPS) is 11.0. The van der Waals surface area contributed by atoms with Crippen LogP contribution in [-0.4, -0.2) is 39.9 Å². The molecule has 4 aromatic rings. The first kappa shape index (κ1) is 19.8. The summed E-state index contributed by atoms with van der Waals surface area (Å²) in [5, 5.41) is 9.29. The van der Waals surface area contributed by atoms with E-state index in [1.54, 1.807) is 36.5 Å². The Hall–Kier alpha value is -3.46. The SMILES string of the molecule is CCN(CC(=O)NCc1cccs1)C(=O)c1cc(-c2ccco2)nc2onc(C)c12. The van der Waals surface area contributed by atoms with Crippen LogP contribution in [-0.2, 0) is 11.3 Å². The van der Waals surface area contributed by atoms with Gasteiger partial charge in [-0.1, -0.05) is 11.2 Å². The lowest BCUT2D eigenvalue weighted by molar-refractivity contribution is -0.121. The van der Waals surface area contributed by atoms with Crippen molar-refractivity contribution in [3.63, 3.8) is 0 Å². The second kappa shape index (κ2) is 8.50. The van der Waals surface area contributed by atoms with Gasteiger partial charge >= 0.3 is 0 Å². The van der Waals surface area contributed by atoms with E-state index in [0.29, 0.717) is 41.2 Å². The largest absolute Gasteiger partial charge is 0.463 e. The van der Waals surface area contributed by atoms with Crippen LogP contribution in [0.25, 0.3) is 22.6 Å². The van der Waals surface area contributed by atoms with Crippen LogP contribution in [0.2, 0.25) is 0 Å². The monoisotopic (exact) mass is 424 g/mol. The van der Waals surface area contributed by atoms with Crippen molar-refractivity contribution in [2.45, 2.75) is 20.4 Å². The van der Waals surface area contributed by atoms with Gasteiger partial charge < -0.3 is 19.2 Å². The second-order valence-electron chi connectivity index (χ2n) is 6.66. The topological polar surface area (TPSA) is 101 Å². The molecule has 0 saturated carbocycles. The molecule has 0 saturated heterocycles. The van der Waals surface area contributed by atoms with Gasteiger partial charge in [0, 0.05) is 11.4 Å². The Balaban J connectivity index is 1.60. The molecule has 0 unspecified atom stereocenters. The van der Waals surface area contributed by atoms with Crippen LogP contribution in [0, 0.1) is 6.92 Å². The number of carbonyl (C=O) groups is 2. The van der Waals surface area contributed by atoms with Crippen molar-refractivity contribution in [1.82, 2.24) is 20.4 Å². The molecular formula is C21H20N4O4S. The highest BCUT2D eigenvalue weighted by Gasteiger charge is 2.24. The zero-order valence-electron chi connectivity index (χ0n) is 16.5. The van der Waals surface area contributed by atoms with Gasteiger partial charge in [-0.15, -0.1) is 11.3 Å². The van der Waals surface area contributed by atoms with Gasteiger partial charge in [0.1, 0.15) is 5.69 Å². The van der Waals surface area contributed by atoms with Crippen molar-refractivity contribution in [2.24, 2.45) is 0 Å². The summed E-state index contributed by atoms with van der Waals surface area (Å²) in [4.78, 5) is 32.7. The van der Waals surface area contributed by atoms with Gasteiger partial charge in [-0.3, -0.25) is 9.59 Å². The standard InChI is InChI=1S/C21H20N4O4S/c1-3-25(12-18(26)22-11-14-6-5-9-30-14)21(27)15-10-16(17-7-4-8-28-17)23-20-19(15)13(2)24-29-20/h4-10H,3,11-12H2,1-2H3,(H,22,26). The fourth-order valence-corrected chi connectivity index (χ4v) is 3.78. The van der Waals surface area contributed by atoms with Gasteiger partial charge in [0.05, 0.1) is 36.0 Å². The predicted molar refractivity (Wildman–Crippen MR) is 112 cm³/mol. The van der Waals surface area contributed by atoms with Crippen LogP contribution in [0.1, 0.15) is 27.9 Å². The van der Waals surface area contributed by atoms with Crippen molar-refractivity contribution in [1.29, 1.82) is 0 Å². The minimum atomic E-state index is -0.296. The van der Waals surface area contributed by atoms with Gasteiger partial charge in [-0.05, 0) is 43.5 Å². The molecule has 30 heavy (non-hydrogen) atoms. The molecule has 0 aromatic carbocycles. The number of aromatic nitrogens is 2. The van der Waals surface area contributed by atoms with E-state index in [4.69, 9.17) is 8.94 Å². The number of hydrogen-bond donors (Lipinski definition) is 1. The first-order chi connectivity index (χ1) is 14.6. The zero-order valence-corrected chi connectivity index (χ0v) is 17.4. The summed E-state index contributed by atoms with van der Waals surface area (Å²) in [6.45, 7) is 4.34. The highest BCUT2D eigenvalue weighted by Crippen LogP contribution is 2.28. The summed E-state index contributed by atoms with van der Waals surface area (Å²) in [7, 11) is 0. The number of hydrogen-bond acceptors (Lipinski definition) is 7. The third-order valence-corrected chi connectivity index (χ3v) is 5.54. The number of pyridine rings is 1. The molecule has 0 aliphatic carbocycles. The Morgan fingerprint density at radius 1 is 1.27 bits per heavy atom. The Labute approximate surface area is 176 Å². The van der Waals surface area contributed by atoms with E-state index in [0.717, 1.165) is 4.88 Å². The maximum Gasteiger partial charge on any atom is 0.259 e. The van der Waals surface area contributed by atoms with Crippen molar-refractivity contribution in [2.75, 3.05) is 13.1 Å². The Morgan fingerprint density at radius 2 is 2.13 bits per heavy atom. The number of carbonyl (C=O) groups excluding carboxylic acids is 2. The molecule has 0 bridgehead atoms. The van der Waals surface area contributed by atoms with Gasteiger partial charge in [0.15, 0.2) is 5.76 Å². The van der Waals surface area contributed by atoms with E-state index in [2.05, 4.69) is 15.5 Å². The maximum atomic E-state index is 13.4. The Bertz CT molecular complexity index is 1170. The fraction of sp³-hybridized carbons (Fsp3) is 0.238. The lowest BCUT2D eigenvalue weighted by Crippen LogP contribution is -2.40. The Kier molecular flexibility index (Phi) is 5.62. The van der Waals surface area contributed by atoms with Gasteiger partial charge in [0.2, 0.25) is 5.91 Å². The van der Waals surface area contributed by atoms with Crippen molar-refractivity contribution in [3.05, 3.63) is 58.1 Å². The molecule has 4 aromatic heterocycles. The van der Waals surface area contributed by atoms with Gasteiger partial charge in [0.25, 0.3) is 11.6 Å². The number of aryl methyl sites for hydroxylation is 1. The number of furan rings is 1. The number of nitrogens with zero attached hydrogens (tertiary/aromatic N) is 3. The fourth-order valence-electron chi connectivity index (χ4n) is 3.14. The molecule has 0 fully saturated rings. The summed E-state index contributed by atoms with van der Waals surface area (Å²) >= 11 is 1.57. The molecule has 0 aliphatic rings. The van der Waals surface area contributed by atoms with Crippen LogP contribution in [0.3, 0.4) is 0 Å². The quantitative estimate of drug-likeness (QED) is 0.486. The van der Waals surface area contributed by atoms with E-state index in [1.165, 1.54) is 11.2 Å². The van der Waals surface area contributed by atoms with Crippen molar-refractivity contribution < 1.29 is 18.5 Å². The van der Waals surface area contributed by atoms with Crippen molar-refractivity contribution >= 4 is 34.3 Å². The number of rotatable bonds is 7. The molecular weight excluding hydrogens is 404 g/mol. The van der Waals surface area contributed by atoms with E-state index in [-0.39, 0.29) is 24.1 Å². The van der Waals surface area contributed by atoms with Crippen LogP contribution in [0.4, 0.5) is 0 Å². The van der Waals surface area contributed by atoms with E-state index < -0.39 is 0 Å². The molecule has 4 heterocycles. The smallest absolute Gasteiger partial charge is 0.259 e. The molecule has 0 atom stereocenters. The van der Waals surface area contributed by atoms with Crippen LogP contribution >= 0.6 is 11.3 Å². The average Bonchev–Trinajstić information content (AvgIpc) is 3.52. The molecule has 154 valence electrons. The van der Waals surface area contributed by atoms with E-state index in [9.17, 15) is 9.59 Å². The zero-order chi connectivity index (χ0) is 21.1. The van der Waals surface area contributed by atoms with Gasteiger partial charge in [-0.2, -0.15) is 0 Å². The van der Waals surface area contributed by atoms with Crippen LogP contribution in [0.5, 0.6) is 0 Å². The molecule has 0 aliphatic heterocycles. The lowest BCUT2D eigenvalue weighted by atomic mass is 10.1. The molecule has 0 spiro atoms. The summed E-state index contributed by atoms with van der Waals surface area (Å²) < 4.78 is 10.7. The minimum absolute atomic E-state index is 0.0507. The minimum Gasteiger partial charge on any atom is -0.463 e. The maximum absolute atomic E-state index is 13.4. The predicted octanol–water partition coefficient (Wildman–Crippen LogP) is 3.63. The number of amides is 2. The summed E-state index contributed by atoms with van der Waals surface area (Å²) in [6, 6.07) is 9.03. The number of thiophene rings is 1. The summed E-state index contributed by atoms with van der Waals surface area (Å²) in [5.74, 6) is -0.00998. The summed E-state index contributed by atoms with van der Waals surface area (Å²) in [5.41, 5.74) is 1.65. The van der Waals surface area contributed by atoms with Crippen molar-refractivity contribution in [3.8, 4) is 11.5 Å². The lowest BCUT2D eigenvalue weighted by Gasteiger charge is -2.21. The van der Waals surface area contributed by atoms with Crippen LogP contribution in [0.15, 0.2) is 50.9 Å². The molecule has 4 rings (SSSR count). The molecule has 2 amide bonds.